The Morgan fingerprint density at radius 1 is 1.10 bits per heavy atom. The first-order valence-electron chi connectivity index (χ1n) is 10.9. The van der Waals surface area contributed by atoms with Crippen LogP contribution < -0.4 is 9.47 Å². The molecule has 1 aliphatic heterocycles. The molecule has 31 heavy (non-hydrogen) atoms. The molecule has 4 rings (SSSR count). The number of fused-ring (bicyclic) bond motifs is 1. The van der Waals surface area contributed by atoms with E-state index in [1.165, 1.54) is 12.1 Å². The number of carbonyl (C=O) groups excluding carboxylic acids is 1. The zero-order valence-electron chi connectivity index (χ0n) is 18.5. The Morgan fingerprint density at radius 2 is 1.90 bits per heavy atom. The molecular formula is C25H31FN2O3. The van der Waals surface area contributed by atoms with Gasteiger partial charge in [0.1, 0.15) is 12.4 Å². The SMILES string of the molecule is COc1ccc(CN(C)[C@@H]2C[C@@H]3CC(=O)N(C)C[C@@H]3C2)cc1OCc1cccc(F)c1. The Hall–Kier alpha value is -2.60. The summed E-state index contributed by atoms with van der Waals surface area (Å²) in [5.74, 6) is 2.45. The summed E-state index contributed by atoms with van der Waals surface area (Å²) in [6.07, 6.45) is 2.91. The van der Waals surface area contributed by atoms with Crippen LogP contribution in [-0.2, 0) is 17.9 Å². The smallest absolute Gasteiger partial charge is 0.222 e. The van der Waals surface area contributed by atoms with Crippen LogP contribution in [0.5, 0.6) is 11.5 Å². The molecule has 2 aliphatic rings. The summed E-state index contributed by atoms with van der Waals surface area (Å²) < 4.78 is 24.9. The number of nitrogens with zero attached hydrogens (tertiary/aromatic N) is 2. The predicted molar refractivity (Wildman–Crippen MR) is 117 cm³/mol. The van der Waals surface area contributed by atoms with Gasteiger partial charge in [-0.05, 0) is 67.1 Å². The van der Waals surface area contributed by atoms with Gasteiger partial charge in [-0.2, -0.15) is 0 Å². The van der Waals surface area contributed by atoms with Crippen molar-refractivity contribution in [3.05, 3.63) is 59.4 Å². The van der Waals surface area contributed by atoms with E-state index in [9.17, 15) is 9.18 Å². The molecule has 2 aromatic rings. The first-order valence-corrected chi connectivity index (χ1v) is 10.9. The average Bonchev–Trinajstić information content (AvgIpc) is 3.15. The summed E-state index contributed by atoms with van der Waals surface area (Å²) in [5, 5.41) is 0. The van der Waals surface area contributed by atoms with Gasteiger partial charge in [0.15, 0.2) is 11.5 Å². The molecule has 0 aromatic heterocycles. The number of halogens is 1. The van der Waals surface area contributed by atoms with Crippen molar-refractivity contribution < 1.29 is 18.7 Å². The van der Waals surface area contributed by atoms with E-state index in [2.05, 4.69) is 18.0 Å². The second kappa shape index (κ2) is 9.27. The van der Waals surface area contributed by atoms with Crippen LogP contribution in [0.3, 0.4) is 0 Å². The van der Waals surface area contributed by atoms with E-state index in [0.717, 1.165) is 37.1 Å². The molecule has 2 aromatic carbocycles. The predicted octanol–water partition coefficient (Wildman–Crippen LogP) is 4.10. The van der Waals surface area contributed by atoms with Crippen molar-refractivity contribution in [1.29, 1.82) is 0 Å². The molecule has 166 valence electrons. The second-order valence-electron chi connectivity index (χ2n) is 8.94. The lowest BCUT2D eigenvalue weighted by atomic mass is 9.88. The lowest BCUT2D eigenvalue weighted by Crippen LogP contribution is -2.39. The maximum absolute atomic E-state index is 13.4. The van der Waals surface area contributed by atoms with Crippen molar-refractivity contribution in [2.45, 2.75) is 38.5 Å². The number of methoxy groups -OCH3 is 1. The van der Waals surface area contributed by atoms with Crippen molar-refractivity contribution in [3.63, 3.8) is 0 Å². The minimum Gasteiger partial charge on any atom is -0.493 e. The maximum atomic E-state index is 13.4. The highest BCUT2D eigenvalue weighted by Gasteiger charge is 2.41. The minimum absolute atomic E-state index is 0.270. The summed E-state index contributed by atoms with van der Waals surface area (Å²) in [6, 6.07) is 12.9. The average molecular weight is 427 g/mol. The number of hydrogen-bond acceptors (Lipinski definition) is 4. The van der Waals surface area contributed by atoms with Gasteiger partial charge in [0.05, 0.1) is 7.11 Å². The van der Waals surface area contributed by atoms with Gasteiger partial charge in [0, 0.05) is 32.6 Å². The van der Waals surface area contributed by atoms with Crippen LogP contribution in [-0.4, -0.2) is 49.5 Å². The van der Waals surface area contributed by atoms with E-state index >= 15 is 0 Å². The van der Waals surface area contributed by atoms with Crippen LogP contribution in [0.2, 0.25) is 0 Å². The monoisotopic (exact) mass is 426 g/mol. The highest BCUT2D eigenvalue weighted by molar-refractivity contribution is 5.77. The van der Waals surface area contributed by atoms with Crippen LogP contribution in [0.4, 0.5) is 4.39 Å². The second-order valence-corrected chi connectivity index (χ2v) is 8.94. The molecule has 0 unspecified atom stereocenters. The molecule has 5 nitrogen and oxygen atoms in total. The van der Waals surface area contributed by atoms with E-state index in [0.29, 0.717) is 35.8 Å². The van der Waals surface area contributed by atoms with Crippen molar-refractivity contribution >= 4 is 5.91 Å². The Kier molecular flexibility index (Phi) is 6.46. The lowest BCUT2D eigenvalue weighted by Gasteiger charge is -2.31. The van der Waals surface area contributed by atoms with E-state index in [1.807, 2.05) is 30.1 Å². The van der Waals surface area contributed by atoms with Crippen LogP contribution in [0.1, 0.15) is 30.4 Å². The fraction of sp³-hybridized carbons (Fsp3) is 0.480. The summed E-state index contributed by atoms with van der Waals surface area (Å²) in [7, 11) is 5.69. The van der Waals surface area contributed by atoms with E-state index in [-0.39, 0.29) is 18.3 Å². The van der Waals surface area contributed by atoms with Crippen molar-refractivity contribution in [1.82, 2.24) is 9.80 Å². The number of rotatable bonds is 7. The molecule has 0 N–H and O–H groups in total. The van der Waals surface area contributed by atoms with Gasteiger partial charge in [-0.25, -0.2) is 4.39 Å². The molecule has 2 fully saturated rings. The molecule has 3 atom stereocenters. The van der Waals surface area contributed by atoms with Gasteiger partial charge in [0.25, 0.3) is 0 Å². The van der Waals surface area contributed by atoms with Crippen molar-refractivity contribution in [2.75, 3.05) is 27.7 Å². The molecule has 1 amide bonds. The fourth-order valence-corrected chi connectivity index (χ4v) is 4.98. The summed E-state index contributed by atoms with van der Waals surface area (Å²) in [5.41, 5.74) is 1.92. The number of hydrogen-bond donors (Lipinski definition) is 0. The summed E-state index contributed by atoms with van der Waals surface area (Å²) in [6.45, 7) is 1.96. The number of likely N-dealkylation sites (tertiary alicyclic amines) is 1. The Bertz CT molecular complexity index is 935. The highest BCUT2D eigenvalue weighted by atomic mass is 19.1. The van der Waals surface area contributed by atoms with Crippen LogP contribution in [0, 0.1) is 17.7 Å². The Morgan fingerprint density at radius 3 is 2.68 bits per heavy atom. The minimum atomic E-state index is -0.270. The van der Waals surface area contributed by atoms with Crippen molar-refractivity contribution in [3.8, 4) is 11.5 Å². The molecule has 0 radical (unpaired) electrons. The van der Waals surface area contributed by atoms with Gasteiger partial charge < -0.3 is 14.4 Å². The molecular weight excluding hydrogens is 395 g/mol. The summed E-state index contributed by atoms with van der Waals surface area (Å²) in [4.78, 5) is 16.3. The number of carbonyl (C=O) groups is 1. The number of benzene rings is 2. The standard InChI is InChI=1S/C25H31FN2O3/c1-27(22-11-19-13-25(29)28(2)15-20(19)12-22)14-17-7-8-23(30-3)24(10-17)31-16-18-5-4-6-21(26)9-18/h4-10,19-20,22H,11-16H2,1-3H3/t19-,20+,22-/m1/s1. The van der Waals surface area contributed by atoms with Gasteiger partial charge in [-0.15, -0.1) is 0 Å². The molecule has 0 spiro atoms. The Balaban J connectivity index is 1.40. The van der Waals surface area contributed by atoms with Gasteiger partial charge in [-0.3, -0.25) is 9.69 Å². The van der Waals surface area contributed by atoms with Crippen LogP contribution in [0.15, 0.2) is 42.5 Å². The third-order valence-electron chi connectivity index (χ3n) is 6.75. The normalized spacial score (nSPS) is 23.2. The third kappa shape index (κ3) is 5.01. The van der Waals surface area contributed by atoms with E-state index in [4.69, 9.17) is 9.47 Å². The highest BCUT2D eigenvalue weighted by Crippen LogP contribution is 2.40. The molecule has 0 bridgehead atoms. The number of piperidine rings is 1. The topological polar surface area (TPSA) is 42.0 Å². The quantitative estimate of drug-likeness (QED) is 0.669. The first-order chi connectivity index (χ1) is 14.9. The zero-order valence-corrected chi connectivity index (χ0v) is 18.5. The van der Waals surface area contributed by atoms with Gasteiger partial charge >= 0.3 is 0 Å². The van der Waals surface area contributed by atoms with Gasteiger partial charge in [-0.1, -0.05) is 18.2 Å². The lowest BCUT2D eigenvalue weighted by molar-refractivity contribution is -0.134. The molecule has 1 heterocycles. The first kappa shape index (κ1) is 21.6. The molecule has 1 aliphatic carbocycles. The fourth-order valence-electron chi connectivity index (χ4n) is 4.98. The maximum Gasteiger partial charge on any atom is 0.222 e. The third-order valence-corrected chi connectivity index (χ3v) is 6.75. The molecule has 6 heteroatoms. The van der Waals surface area contributed by atoms with E-state index < -0.39 is 0 Å². The van der Waals surface area contributed by atoms with Crippen LogP contribution >= 0.6 is 0 Å². The summed E-state index contributed by atoms with van der Waals surface area (Å²) >= 11 is 0. The van der Waals surface area contributed by atoms with Crippen LogP contribution in [0.25, 0.3) is 0 Å². The van der Waals surface area contributed by atoms with Crippen molar-refractivity contribution in [2.24, 2.45) is 11.8 Å². The van der Waals surface area contributed by atoms with Gasteiger partial charge in [0.2, 0.25) is 5.91 Å². The largest absolute Gasteiger partial charge is 0.493 e. The Labute approximate surface area is 183 Å². The molecule has 1 saturated heterocycles. The molecule has 1 saturated carbocycles. The number of amides is 1. The zero-order chi connectivity index (χ0) is 22.0. The van der Waals surface area contributed by atoms with E-state index in [1.54, 1.807) is 13.2 Å². The number of ether oxygens (including phenoxy) is 2.